The minimum absolute atomic E-state index is 1.17. The highest BCUT2D eigenvalue weighted by molar-refractivity contribution is 6.28. The van der Waals surface area contributed by atoms with Crippen LogP contribution < -0.4 is 0 Å². The molecule has 2 heterocycles. The van der Waals surface area contributed by atoms with Crippen LogP contribution >= 0.6 is 0 Å². The number of para-hydroxylation sites is 3. The zero-order valence-corrected chi connectivity index (χ0v) is 30.5. The Hall–Kier alpha value is -7.42. The largest absolute Gasteiger partial charge is 0.309 e. The van der Waals surface area contributed by atoms with Gasteiger partial charge in [0.25, 0.3) is 0 Å². The third kappa shape index (κ3) is 4.50. The van der Waals surface area contributed by atoms with Crippen LogP contribution in [0.3, 0.4) is 0 Å². The van der Waals surface area contributed by atoms with Crippen molar-refractivity contribution in [3.05, 3.63) is 206 Å². The second-order valence-corrected chi connectivity index (χ2v) is 14.9. The molecule has 0 N–H and O–H groups in total. The molecular formula is C54H34N2. The van der Waals surface area contributed by atoms with Crippen molar-refractivity contribution < 1.29 is 0 Å². The van der Waals surface area contributed by atoms with Crippen LogP contribution in [0.4, 0.5) is 0 Å². The fourth-order valence-electron chi connectivity index (χ4n) is 9.40. The SMILES string of the molecule is c1ccc(-c2ccc3c(c2)c2ccccc2c2c(-n4c5ccccc5c5cc(-c6ccc7c(c6)c6ccccc6n7-c6ccccc6)ccc54)cccc32)cc1. The lowest BCUT2D eigenvalue weighted by Gasteiger charge is -2.17. The van der Waals surface area contributed by atoms with Gasteiger partial charge in [0.2, 0.25) is 0 Å². The molecule has 0 atom stereocenters. The monoisotopic (exact) mass is 710 g/mol. The number of hydrogen-bond acceptors (Lipinski definition) is 0. The molecule has 0 amide bonds. The van der Waals surface area contributed by atoms with Gasteiger partial charge >= 0.3 is 0 Å². The zero-order valence-electron chi connectivity index (χ0n) is 30.5. The summed E-state index contributed by atoms with van der Waals surface area (Å²) in [5, 5.41) is 12.6. The molecule has 2 nitrogen and oxygen atoms in total. The summed E-state index contributed by atoms with van der Waals surface area (Å²) < 4.78 is 4.87. The van der Waals surface area contributed by atoms with E-state index in [-0.39, 0.29) is 0 Å². The van der Waals surface area contributed by atoms with Crippen LogP contribution in [0.25, 0.3) is 110 Å². The molecule has 12 rings (SSSR count). The summed E-state index contributed by atoms with van der Waals surface area (Å²) in [5.41, 5.74) is 12.1. The van der Waals surface area contributed by atoms with E-state index in [1.807, 2.05) is 0 Å². The number of aromatic nitrogens is 2. The Labute approximate surface area is 323 Å². The fraction of sp³-hybridized carbons (Fsp3) is 0. The van der Waals surface area contributed by atoms with Crippen LogP contribution in [0.5, 0.6) is 0 Å². The van der Waals surface area contributed by atoms with Crippen molar-refractivity contribution in [2.45, 2.75) is 0 Å². The molecule has 0 saturated carbocycles. The predicted octanol–water partition coefficient (Wildman–Crippen LogP) is 14.7. The summed E-state index contributed by atoms with van der Waals surface area (Å²) in [6.45, 7) is 0. The maximum Gasteiger partial charge on any atom is 0.0547 e. The van der Waals surface area contributed by atoms with Crippen molar-refractivity contribution >= 4 is 75.9 Å². The molecule has 0 aliphatic carbocycles. The van der Waals surface area contributed by atoms with Crippen LogP contribution in [-0.4, -0.2) is 9.13 Å². The highest BCUT2D eigenvalue weighted by Gasteiger charge is 2.19. The van der Waals surface area contributed by atoms with Gasteiger partial charge < -0.3 is 9.13 Å². The molecule has 0 unspecified atom stereocenters. The fourth-order valence-corrected chi connectivity index (χ4v) is 9.40. The van der Waals surface area contributed by atoms with Gasteiger partial charge in [-0.05, 0) is 110 Å². The summed E-state index contributed by atoms with van der Waals surface area (Å²) in [7, 11) is 0. The van der Waals surface area contributed by atoms with Gasteiger partial charge in [-0.1, -0.05) is 146 Å². The third-order valence-electron chi connectivity index (χ3n) is 11.9. The van der Waals surface area contributed by atoms with Crippen molar-refractivity contribution in [2.75, 3.05) is 0 Å². The molecule has 10 aromatic carbocycles. The van der Waals surface area contributed by atoms with Gasteiger partial charge in [-0.15, -0.1) is 0 Å². The van der Waals surface area contributed by atoms with E-state index >= 15 is 0 Å². The van der Waals surface area contributed by atoms with E-state index in [2.05, 4.69) is 215 Å². The lowest BCUT2D eigenvalue weighted by Crippen LogP contribution is -1.96. The molecule has 260 valence electrons. The van der Waals surface area contributed by atoms with Crippen LogP contribution in [0, 0.1) is 0 Å². The van der Waals surface area contributed by atoms with Crippen molar-refractivity contribution in [1.82, 2.24) is 9.13 Å². The van der Waals surface area contributed by atoms with Crippen molar-refractivity contribution in [2.24, 2.45) is 0 Å². The Balaban J connectivity index is 1.08. The molecular weight excluding hydrogens is 677 g/mol. The van der Waals surface area contributed by atoms with E-state index in [1.54, 1.807) is 0 Å². The van der Waals surface area contributed by atoms with E-state index in [1.165, 1.54) is 110 Å². The minimum Gasteiger partial charge on any atom is -0.309 e. The van der Waals surface area contributed by atoms with E-state index in [0.29, 0.717) is 0 Å². The normalized spacial score (nSPS) is 11.9. The Kier molecular flexibility index (Phi) is 6.66. The van der Waals surface area contributed by atoms with Gasteiger partial charge in [-0.3, -0.25) is 0 Å². The molecule has 2 heteroatoms. The molecule has 12 aromatic rings. The van der Waals surface area contributed by atoms with Gasteiger partial charge in [-0.2, -0.15) is 0 Å². The number of fused-ring (bicyclic) bond motifs is 12. The Morgan fingerprint density at radius 2 is 0.679 bits per heavy atom. The van der Waals surface area contributed by atoms with Gasteiger partial charge in [-0.25, -0.2) is 0 Å². The van der Waals surface area contributed by atoms with E-state index < -0.39 is 0 Å². The van der Waals surface area contributed by atoms with Crippen LogP contribution in [-0.2, 0) is 0 Å². The molecule has 0 aliphatic heterocycles. The Morgan fingerprint density at radius 3 is 1.36 bits per heavy atom. The van der Waals surface area contributed by atoms with Gasteiger partial charge in [0, 0.05) is 32.6 Å². The first kappa shape index (κ1) is 31.0. The van der Waals surface area contributed by atoms with Crippen molar-refractivity contribution in [1.29, 1.82) is 0 Å². The van der Waals surface area contributed by atoms with E-state index in [0.717, 1.165) is 0 Å². The summed E-state index contributed by atoms with van der Waals surface area (Å²) in [6.07, 6.45) is 0. The molecule has 0 saturated heterocycles. The quantitative estimate of drug-likeness (QED) is 0.161. The lowest BCUT2D eigenvalue weighted by molar-refractivity contribution is 1.18. The lowest BCUT2D eigenvalue weighted by atomic mass is 9.91. The first-order valence-electron chi connectivity index (χ1n) is 19.4. The van der Waals surface area contributed by atoms with Crippen LogP contribution in [0.15, 0.2) is 206 Å². The maximum atomic E-state index is 2.49. The molecule has 0 spiro atoms. The van der Waals surface area contributed by atoms with Crippen LogP contribution in [0.2, 0.25) is 0 Å². The van der Waals surface area contributed by atoms with Crippen LogP contribution in [0.1, 0.15) is 0 Å². The first-order chi connectivity index (χ1) is 27.8. The Bertz CT molecular complexity index is 3480. The molecule has 0 aliphatic rings. The highest BCUT2D eigenvalue weighted by atomic mass is 15.0. The zero-order chi connectivity index (χ0) is 36.7. The van der Waals surface area contributed by atoms with Gasteiger partial charge in [0.1, 0.15) is 0 Å². The molecule has 0 bridgehead atoms. The maximum absolute atomic E-state index is 2.49. The number of nitrogens with zero attached hydrogens (tertiary/aromatic N) is 2. The van der Waals surface area contributed by atoms with Crippen molar-refractivity contribution in [3.8, 4) is 33.6 Å². The molecule has 0 fully saturated rings. The summed E-state index contributed by atoms with van der Waals surface area (Å²) in [5.74, 6) is 0. The molecule has 2 aromatic heterocycles. The highest BCUT2D eigenvalue weighted by Crippen LogP contribution is 2.43. The molecule has 0 radical (unpaired) electrons. The van der Waals surface area contributed by atoms with Crippen molar-refractivity contribution in [3.63, 3.8) is 0 Å². The number of hydrogen-bond donors (Lipinski definition) is 0. The summed E-state index contributed by atoms with van der Waals surface area (Å²) in [4.78, 5) is 0. The average Bonchev–Trinajstić information content (AvgIpc) is 3.79. The second kappa shape index (κ2) is 12.0. The van der Waals surface area contributed by atoms with Gasteiger partial charge in [0.05, 0.1) is 27.8 Å². The predicted molar refractivity (Wildman–Crippen MR) is 239 cm³/mol. The smallest absolute Gasteiger partial charge is 0.0547 e. The first-order valence-corrected chi connectivity index (χ1v) is 19.4. The summed E-state index contributed by atoms with van der Waals surface area (Å²) >= 11 is 0. The number of rotatable bonds is 4. The van der Waals surface area contributed by atoms with Gasteiger partial charge in [0.15, 0.2) is 0 Å². The van der Waals surface area contributed by atoms with E-state index in [9.17, 15) is 0 Å². The Morgan fingerprint density at radius 1 is 0.232 bits per heavy atom. The van der Waals surface area contributed by atoms with E-state index in [4.69, 9.17) is 0 Å². The third-order valence-corrected chi connectivity index (χ3v) is 11.9. The topological polar surface area (TPSA) is 9.86 Å². The molecule has 56 heavy (non-hydrogen) atoms. The standard InChI is InChI=1S/C54H34N2/c1-3-14-35(15-4-1)36-26-29-41-45-22-13-25-53(54(45)44-21-8-7-18-40(44)46(41)32-36)56-50-24-12-10-20-43(50)48-34-38(28-31-52(48)56)37-27-30-51-47(33-37)42-19-9-11-23-49(42)55(51)39-16-5-2-6-17-39/h1-34H. The second-order valence-electron chi connectivity index (χ2n) is 14.9. The average molecular weight is 711 g/mol. The summed E-state index contributed by atoms with van der Waals surface area (Å²) in [6, 6.07) is 75.7. The minimum atomic E-state index is 1.17. The number of benzene rings is 10.